The van der Waals surface area contributed by atoms with Crippen LogP contribution in [0.5, 0.6) is 0 Å². The van der Waals surface area contributed by atoms with Crippen LogP contribution in [-0.4, -0.2) is 23.3 Å². The van der Waals surface area contributed by atoms with Crippen molar-refractivity contribution in [1.29, 1.82) is 0 Å². The summed E-state index contributed by atoms with van der Waals surface area (Å²) in [6, 6.07) is 0. The van der Waals surface area contributed by atoms with E-state index in [4.69, 9.17) is 4.74 Å². The zero-order chi connectivity index (χ0) is 11.5. The first-order valence-electron chi connectivity index (χ1n) is 5.90. The molecule has 2 atom stereocenters. The van der Waals surface area contributed by atoms with Crippen LogP contribution in [0.15, 0.2) is 0 Å². The van der Waals surface area contributed by atoms with Gasteiger partial charge in [-0.15, -0.1) is 0 Å². The molecule has 0 spiro atoms. The molecule has 1 rings (SSSR count). The van der Waals surface area contributed by atoms with Crippen LogP contribution in [0, 0.1) is 11.8 Å². The molecule has 0 bridgehead atoms. The van der Waals surface area contributed by atoms with E-state index < -0.39 is 5.60 Å². The Kier molecular flexibility index (Phi) is 4.14. The van der Waals surface area contributed by atoms with E-state index in [1.807, 2.05) is 6.92 Å². The van der Waals surface area contributed by atoms with Gasteiger partial charge in [-0.3, -0.25) is 4.79 Å². The van der Waals surface area contributed by atoms with E-state index in [-0.39, 0.29) is 11.9 Å². The molecule has 15 heavy (non-hydrogen) atoms. The second-order valence-electron chi connectivity index (χ2n) is 4.72. The maximum Gasteiger partial charge on any atom is 0.311 e. The molecular formula is C12H22O3. The highest BCUT2D eigenvalue weighted by atomic mass is 16.5. The lowest BCUT2D eigenvalue weighted by atomic mass is 9.83. The Morgan fingerprint density at radius 1 is 1.53 bits per heavy atom. The second kappa shape index (κ2) is 4.97. The molecule has 0 aromatic heterocycles. The number of esters is 1. The van der Waals surface area contributed by atoms with Crippen LogP contribution in [0.25, 0.3) is 0 Å². The third kappa shape index (κ3) is 3.49. The zero-order valence-electron chi connectivity index (χ0n) is 9.95. The molecule has 0 aliphatic heterocycles. The third-order valence-corrected chi connectivity index (χ3v) is 3.13. The molecule has 3 nitrogen and oxygen atoms in total. The molecule has 1 aliphatic carbocycles. The summed E-state index contributed by atoms with van der Waals surface area (Å²) in [5.41, 5.74) is -0.901. The molecule has 0 aromatic rings. The summed E-state index contributed by atoms with van der Waals surface area (Å²) < 4.78 is 4.98. The second-order valence-corrected chi connectivity index (χ2v) is 4.72. The van der Waals surface area contributed by atoms with Crippen molar-refractivity contribution in [3.63, 3.8) is 0 Å². The summed E-state index contributed by atoms with van der Waals surface area (Å²) in [6.45, 7) is 5.86. The van der Waals surface area contributed by atoms with Crippen LogP contribution < -0.4 is 0 Å². The minimum absolute atomic E-state index is 0.259. The van der Waals surface area contributed by atoms with Crippen molar-refractivity contribution in [2.24, 2.45) is 11.8 Å². The highest BCUT2D eigenvalue weighted by Gasteiger charge is 2.41. The summed E-state index contributed by atoms with van der Waals surface area (Å²) in [5, 5.41) is 10.3. The van der Waals surface area contributed by atoms with Gasteiger partial charge in [0.25, 0.3) is 0 Å². The number of carbonyl (C=O) groups excluding carboxylic acids is 1. The monoisotopic (exact) mass is 214 g/mol. The van der Waals surface area contributed by atoms with Gasteiger partial charge in [0, 0.05) is 0 Å². The van der Waals surface area contributed by atoms with Gasteiger partial charge in [-0.1, -0.05) is 19.8 Å². The molecule has 3 heteroatoms. The largest absolute Gasteiger partial charge is 0.466 e. The van der Waals surface area contributed by atoms with Crippen LogP contribution >= 0.6 is 0 Å². The van der Waals surface area contributed by atoms with Crippen LogP contribution in [0.4, 0.5) is 0 Å². The molecule has 0 heterocycles. The molecular weight excluding hydrogens is 192 g/mol. The van der Waals surface area contributed by atoms with E-state index in [1.54, 1.807) is 13.8 Å². The molecule has 88 valence electrons. The quantitative estimate of drug-likeness (QED) is 0.689. The van der Waals surface area contributed by atoms with Crippen molar-refractivity contribution in [1.82, 2.24) is 0 Å². The van der Waals surface area contributed by atoms with Gasteiger partial charge in [-0.05, 0) is 32.6 Å². The number of carbonyl (C=O) groups is 1. The molecule has 1 N–H and O–H groups in total. The lowest BCUT2D eigenvalue weighted by Crippen LogP contribution is -2.40. The Bertz CT molecular complexity index is 219. The van der Waals surface area contributed by atoms with E-state index in [2.05, 4.69) is 0 Å². The van der Waals surface area contributed by atoms with E-state index in [0.29, 0.717) is 18.9 Å². The van der Waals surface area contributed by atoms with Gasteiger partial charge in [0.15, 0.2) is 0 Å². The summed E-state index contributed by atoms with van der Waals surface area (Å²) in [5.74, 6) is -0.0211. The smallest absolute Gasteiger partial charge is 0.311 e. The average molecular weight is 214 g/mol. The molecule has 0 saturated heterocycles. The maximum atomic E-state index is 11.6. The minimum atomic E-state index is -0.901. The summed E-state index contributed by atoms with van der Waals surface area (Å²) in [6.07, 6.45) is 3.74. The summed E-state index contributed by atoms with van der Waals surface area (Å²) in [7, 11) is 0. The summed E-state index contributed by atoms with van der Waals surface area (Å²) >= 11 is 0. The first kappa shape index (κ1) is 12.5. The predicted molar refractivity (Wildman–Crippen MR) is 58.4 cm³/mol. The Hall–Kier alpha value is -0.570. The molecule has 1 aliphatic rings. The van der Waals surface area contributed by atoms with Crippen LogP contribution in [0.3, 0.4) is 0 Å². The standard InChI is InChI=1S/C12H22O3/c1-4-10(11(13)15-5-2)12(3,14)8-9-6-7-9/h9-10,14H,4-8H2,1-3H3. The molecule has 1 fully saturated rings. The van der Waals surface area contributed by atoms with Crippen molar-refractivity contribution in [2.45, 2.75) is 52.1 Å². The van der Waals surface area contributed by atoms with E-state index in [9.17, 15) is 9.90 Å². The SMILES string of the molecule is CCOC(=O)C(CC)C(C)(O)CC1CC1. The lowest BCUT2D eigenvalue weighted by molar-refractivity contribution is -0.158. The van der Waals surface area contributed by atoms with E-state index in [0.717, 1.165) is 6.42 Å². The maximum absolute atomic E-state index is 11.6. The minimum Gasteiger partial charge on any atom is -0.466 e. The number of aliphatic hydroxyl groups is 1. The first-order chi connectivity index (χ1) is 7.01. The first-order valence-corrected chi connectivity index (χ1v) is 5.90. The van der Waals surface area contributed by atoms with Crippen molar-refractivity contribution in [3.05, 3.63) is 0 Å². The highest BCUT2D eigenvalue weighted by Crippen LogP contribution is 2.40. The summed E-state index contributed by atoms with van der Waals surface area (Å²) in [4.78, 5) is 11.6. The van der Waals surface area contributed by atoms with Crippen molar-refractivity contribution in [3.8, 4) is 0 Å². The molecule has 0 aromatic carbocycles. The normalized spacial score (nSPS) is 21.9. The third-order valence-electron chi connectivity index (χ3n) is 3.13. The Labute approximate surface area is 91.8 Å². The van der Waals surface area contributed by atoms with Crippen molar-refractivity contribution < 1.29 is 14.6 Å². The molecule has 0 amide bonds. The van der Waals surface area contributed by atoms with Gasteiger partial charge < -0.3 is 9.84 Å². The van der Waals surface area contributed by atoms with Gasteiger partial charge >= 0.3 is 5.97 Å². The fourth-order valence-corrected chi connectivity index (χ4v) is 2.15. The fraction of sp³-hybridized carbons (Fsp3) is 0.917. The van der Waals surface area contributed by atoms with Crippen LogP contribution in [0.2, 0.25) is 0 Å². The molecule has 2 unspecified atom stereocenters. The van der Waals surface area contributed by atoms with E-state index in [1.165, 1.54) is 12.8 Å². The van der Waals surface area contributed by atoms with Crippen molar-refractivity contribution in [2.75, 3.05) is 6.61 Å². The number of hydrogen-bond donors (Lipinski definition) is 1. The van der Waals surface area contributed by atoms with Gasteiger partial charge in [0.2, 0.25) is 0 Å². The Balaban J connectivity index is 2.56. The van der Waals surface area contributed by atoms with Crippen LogP contribution in [0.1, 0.15) is 46.5 Å². The van der Waals surface area contributed by atoms with Gasteiger partial charge in [0.1, 0.15) is 0 Å². The highest BCUT2D eigenvalue weighted by molar-refractivity contribution is 5.73. The topological polar surface area (TPSA) is 46.5 Å². The number of hydrogen-bond acceptors (Lipinski definition) is 3. The molecule has 0 radical (unpaired) electrons. The van der Waals surface area contributed by atoms with Crippen molar-refractivity contribution >= 4 is 5.97 Å². The van der Waals surface area contributed by atoms with Gasteiger partial charge in [-0.25, -0.2) is 0 Å². The lowest BCUT2D eigenvalue weighted by Gasteiger charge is -2.30. The predicted octanol–water partition coefficient (Wildman–Crippen LogP) is 2.13. The fourth-order valence-electron chi connectivity index (χ4n) is 2.15. The number of ether oxygens (including phenoxy) is 1. The zero-order valence-corrected chi connectivity index (χ0v) is 9.95. The Morgan fingerprint density at radius 2 is 2.13 bits per heavy atom. The number of rotatable bonds is 6. The van der Waals surface area contributed by atoms with E-state index >= 15 is 0 Å². The Morgan fingerprint density at radius 3 is 2.53 bits per heavy atom. The molecule has 1 saturated carbocycles. The van der Waals surface area contributed by atoms with Gasteiger partial charge in [0.05, 0.1) is 18.1 Å². The average Bonchev–Trinajstić information content (AvgIpc) is 2.88. The van der Waals surface area contributed by atoms with Gasteiger partial charge in [-0.2, -0.15) is 0 Å². The van der Waals surface area contributed by atoms with Crippen LogP contribution in [-0.2, 0) is 9.53 Å².